The third kappa shape index (κ3) is 4.54. The molecule has 0 saturated carbocycles. The maximum absolute atomic E-state index is 5.80. The lowest BCUT2D eigenvalue weighted by atomic mass is 10.1. The van der Waals surface area contributed by atoms with E-state index in [-0.39, 0.29) is 0 Å². The maximum Gasteiger partial charge on any atom is 0.0576 e. The Hall–Kier alpha value is -1.95. The van der Waals surface area contributed by atoms with E-state index in [1.807, 2.05) is 29.3 Å². The summed E-state index contributed by atoms with van der Waals surface area (Å²) in [7, 11) is 1.95. The van der Waals surface area contributed by atoms with Gasteiger partial charge in [0.05, 0.1) is 6.20 Å². The van der Waals surface area contributed by atoms with E-state index in [1.165, 1.54) is 20.9 Å². The van der Waals surface area contributed by atoms with Crippen molar-refractivity contribution in [2.24, 2.45) is 12.8 Å². The summed E-state index contributed by atoms with van der Waals surface area (Å²) in [6.07, 6.45) is 5.03. The first kappa shape index (κ1) is 16.9. The molecule has 0 saturated heterocycles. The van der Waals surface area contributed by atoms with Crippen molar-refractivity contribution in [3.05, 3.63) is 65.3 Å². The molecule has 0 amide bonds. The highest BCUT2D eigenvalue weighted by Gasteiger charge is 2.09. The number of nitrogens with zero attached hydrogens (tertiary/aromatic N) is 3. The molecule has 0 aliphatic carbocycles. The summed E-state index contributed by atoms with van der Waals surface area (Å²) in [5.41, 5.74) is 8.36. The van der Waals surface area contributed by atoms with E-state index in [0.29, 0.717) is 6.54 Å². The van der Waals surface area contributed by atoms with Crippen LogP contribution in [-0.2, 0) is 20.0 Å². The topological polar surface area (TPSA) is 47.1 Å². The van der Waals surface area contributed by atoms with E-state index >= 15 is 0 Å². The minimum Gasteiger partial charge on any atom is -0.329 e. The second kappa shape index (κ2) is 8.24. The molecule has 0 aliphatic heterocycles. The molecular formula is C19H24N4S. The summed E-state index contributed by atoms with van der Waals surface area (Å²) < 4.78 is 1.84. The molecule has 5 heteroatoms. The fraction of sp³-hybridized carbons (Fsp3) is 0.316. The Morgan fingerprint density at radius 3 is 2.67 bits per heavy atom. The Morgan fingerprint density at radius 1 is 1.12 bits per heavy atom. The Balaban J connectivity index is 1.62. The number of aryl methyl sites for hydroxylation is 1. The van der Waals surface area contributed by atoms with Gasteiger partial charge in [0.2, 0.25) is 0 Å². The largest absolute Gasteiger partial charge is 0.329 e. The van der Waals surface area contributed by atoms with E-state index in [2.05, 4.69) is 58.7 Å². The van der Waals surface area contributed by atoms with Gasteiger partial charge in [-0.3, -0.25) is 9.58 Å². The highest BCUT2D eigenvalue weighted by atomic mass is 32.1. The van der Waals surface area contributed by atoms with Crippen LogP contribution in [-0.4, -0.2) is 34.3 Å². The minimum atomic E-state index is 0.690. The van der Waals surface area contributed by atoms with Crippen LogP contribution in [0, 0.1) is 0 Å². The number of benzene rings is 1. The van der Waals surface area contributed by atoms with Gasteiger partial charge in [-0.05, 0) is 24.1 Å². The van der Waals surface area contributed by atoms with Gasteiger partial charge in [-0.25, -0.2) is 0 Å². The number of hydrogen-bond acceptors (Lipinski definition) is 4. The molecule has 0 fully saturated rings. The number of aromatic nitrogens is 2. The SMILES string of the molecule is Cn1cc(-c2ccc(CN(CCN)CCc3ccccc3)s2)cn1. The van der Waals surface area contributed by atoms with Crippen LogP contribution in [0.2, 0.25) is 0 Å². The third-order valence-corrected chi connectivity index (χ3v) is 5.15. The number of rotatable bonds is 8. The molecule has 0 atom stereocenters. The van der Waals surface area contributed by atoms with Crippen LogP contribution < -0.4 is 5.73 Å². The summed E-state index contributed by atoms with van der Waals surface area (Å²) in [5.74, 6) is 0. The summed E-state index contributed by atoms with van der Waals surface area (Å²) in [5, 5.41) is 4.25. The van der Waals surface area contributed by atoms with Gasteiger partial charge in [-0.15, -0.1) is 11.3 Å². The van der Waals surface area contributed by atoms with Crippen LogP contribution in [0.5, 0.6) is 0 Å². The Kier molecular flexibility index (Phi) is 5.80. The molecule has 0 bridgehead atoms. The highest BCUT2D eigenvalue weighted by Crippen LogP contribution is 2.28. The van der Waals surface area contributed by atoms with Gasteiger partial charge in [0, 0.05) is 54.7 Å². The van der Waals surface area contributed by atoms with Gasteiger partial charge < -0.3 is 5.73 Å². The van der Waals surface area contributed by atoms with Gasteiger partial charge in [0.15, 0.2) is 0 Å². The van der Waals surface area contributed by atoms with Gasteiger partial charge in [-0.1, -0.05) is 30.3 Å². The molecule has 0 radical (unpaired) electrons. The van der Waals surface area contributed by atoms with Crippen molar-refractivity contribution < 1.29 is 0 Å². The van der Waals surface area contributed by atoms with E-state index in [9.17, 15) is 0 Å². The fourth-order valence-electron chi connectivity index (χ4n) is 2.77. The fourth-order valence-corrected chi connectivity index (χ4v) is 3.80. The number of hydrogen-bond donors (Lipinski definition) is 1. The van der Waals surface area contributed by atoms with Crippen molar-refractivity contribution in [3.8, 4) is 10.4 Å². The quantitative estimate of drug-likeness (QED) is 0.685. The van der Waals surface area contributed by atoms with E-state index in [0.717, 1.165) is 26.1 Å². The molecule has 0 spiro atoms. The highest BCUT2D eigenvalue weighted by molar-refractivity contribution is 7.15. The van der Waals surface area contributed by atoms with Crippen molar-refractivity contribution in [1.82, 2.24) is 14.7 Å². The lowest BCUT2D eigenvalue weighted by molar-refractivity contribution is 0.279. The predicted octanol–water partition coefficient (Wildman–Crippen LogP) is 3.15. The van der Waals surface area contributed by atoms with E-state index < -0.39 is 0 Å². The minimum absolute atomic E-state index is 0.690. The molecule has 0 aliphatic rings. The number of nitrogens with two attached hydrogens (primary N) is 1. The molecule has 126 valence electrons. The third-order valence-electron chi connectivity index (χ3n) is 4.04. The Morgan fingerprint density at radius 2 is 1.96 bits per heavy atom. The molecule has 3 aromatic rings. The van der Waals surface area contributed by atoms with Gasteiger partial charge >= 0.3 is 0 Å². The molecule has 24 heavy (non-hydrogen) atoms. The molecule has 3 rings (SSSR count). The molecular weight excluding hydrogens is 316 g/mol. The number of thiophene rings is 1. The smallest absolute Gasteiger partial charge is 0.0576 e. The van der Waals surface area contributed by atoms with Gasteiger partial charge in [0.1, 0.15) is 0 Å². The first-order valence-electron chi connectivity index (χ1n) is 8.28. The van der Waals surface area contributed by atoms with Crippen LogP contribution in [0.1, 0.15) is 10.4 Å². The van der Waals surface area contributed by atoms with Crippen LogP contribution in [0.15, 0.2) is 54.9 Å². The average molecular weight is 340 g/mol. The molecule has 2 heterocycles. The monoisotopic (exact) mass is 340 g/mol. The summed E-state index contributed by atoms with van der Waals surface area (Å²) in [6.45, 7) is 3.60. The van der Waals surface area contributed by atoms with Gasteiger partial charge in [0.25, 0.3) is 0 Å². The second-order valence-electron chi connectivity index (χ2n) is 5.97. The van der Waals surface area contributed by atoms with E-state index in [1.54, 1.807) is 0 Å². The van der Waals surface area contributed by atoms with Crippen molar-refractivity contribution in [1.29, 1.82) is 0 Å². The molecule has 1 aromatic carbocycles. The molecule has 4 nitrogen and oxygen atoms in total. The molecule has 2 aromatic heterocycles. The average Bonchev–Trinajstić information content (AvgIpc) is 3.23. The lowest BCUT2D eigenvalue weighted by Gasteiger charge is -2.20. The zero-order valence-electron chi connectivity index (χ0n) is 14.1. The Labute approximate surface area is 147 Å². The molecule has 0 unspecified atom stereocenters. The zero-order valence-corrected chi connectivity index (χ0v) is 14.9. The predicted molar refractivity (Wildman–Crippen MR) is 101 cm³/mol. The van der Waals surface area contributed by atoms with Crippen molar-refractivity contribution >= 4 is 11.3 Å². The van der Waals surface area contributed by atoms with E-state index in [4.69, 9.17) is 5.73 Å². The normalized spacial score (nSPS) is 11.3. The van der Waals surface area contributed by atoms with Crippen molar-refractivity contribution in [3.63, 3.8) is 0 Å². The van der Waals surface area contributed by atoms with Crippen LogP contribution >= 0.6 is 11.3 Å². The second-order valence-corrected chi connectivity index (χ2v) is 7.14. The first-order chi connectivity index (χ1) is 11.7. The molecule has 2 N–H and O–H groups in total. The van der Waals surface area contributed by atoms with Crippen molar-refractivity contribution in [2.75, 3.05) is 19.6 Å². The summed E-state index contributed by atoms with van der Waals surface area (Å²) in [6, 6.07) is 15.0. The summed E-state index contributed by atoms with van der Waals surface area (Å²) in [4.78, 5) is 5.08. The lowest BCUT2D eigenvalue weighted by Crippen LogP contribution is -2.30. The standard InChI is InChI=1S/C19H24N4S/c1-22-14-17(13-21-22)19-8-7-18(24-19)15-23(12-10-20)11-9-16-5-3-2-4-6-16/h2-8,13-14H,9-12,15,20H2,1H3. The van der Waals surface area contributed by atoms with Crippen LogP contribution in [0.25, 0.3) is 10.4 Å². The van der Waals surface area contributed by atoms with Crippen LogP contribution in [0.3, 0.4) is 0 Å². The maximum atomic E-state index is 5.80. The van der Waals surface area contributed by atoms with Crippen molar-refractivity contribution in [2.45, 2.75) is 13.0 Å². The summed E-state index contributed by atoms with van der Waals surface area (Å²) >= 11 is 1.84. The zero-order chi connectivity index (χ0) is 16.8. The first-order valence-corrected chi connectivity index (χ1v) is 9.10. The van der Waals surface area contributed by atoms with Crippen LogP contribution in [0.4, 0.5) is 0 Å². The van der Waals surface area contributed by atoms with Gasteiger partial charge in [-0.2, -0.15) is 5.10 Å². The Bertz CT molecular complexity index is 748.